The van der Waals surface area contributed by atoms with Gasteiger partial charge in [-0.05, 0) is 37.0 Å². The van der Waals surface area contributed by atoms with Gasteiger partial charge < -0.3 is 15.0 Å². The van der Waals surface area contributed by atoms with Crippen LogP contribution in [0.25, 0.3) is 22.6 Å². The number of anilines is 1. The van der Waals surface area contributed by atoms with E-state index in [-0.39, 0.29) is 18.1 Å². The molecular formula is C24H26F3N7O2. The molecule has 1 saturated heterocycles. The quantitative estimate of drug-likeness (QED) is 0.396. The first-order chi connectivity index (χ1) is 17.3. The number of nitrogens with one attached hydrogen (secondary N) is 2. The predicted molar refractivity (Wildman–Crippen MR) is 128 cm³/mol. The lowest BCUT2D eigenvalue weighted by atomic mass is 10.1. The number of aromatic nitrogens is 6. The topological polar surface area (TPSA) is 103 Å². The van der Waals surface area contributed by atoms with Crippen LogP contribution >= 0.6 is 0 Å². The highest BCUT2D eigenvalue weighted by Crippen LogP contribution is 2.29. The van der Waals surface area contributed by atoms with Crippen LogP contribution in [-0.2, 0) is 24.0 Å². The lowest BCUT2D eigenvalue weighted by molar-refractivity contribution is -0.137. The summed E-state index contributed by atoms with van der Waals surface area (Å²) in [4.78, 5) is 25.5. The Hall–Kier alpha value is -3.67. The molecule has 3 aromatic heterocycles. The summed E-state index contributed by atoms with van der Waals surface area (Å²) in [6.45, 7) is 3.98. The van der Waals surface area contributed by atoms with E-state index in [0.717, 1.165) is 31.4 Å². The minimum Gasteiger partial charge on any atom is -0.381 e. The maximum Gasteiger partial charge on any atom is 0.416 e. The zero-order valence-corrected chi connectivity index (χ0v) is 19.7. The molecule has 0 bridgehead atoms. The number of benzene rings is 1. The molecule has 0 aliphatic carbocycles. The molecule has 0 spiro atoms. The maximum atomic E-state index is 13.3. The molecule has 9 nitrogen and oxygen atoms in total. The van der Waals surface area contributed by atoms with Crippen LogP contribution in [0.15, 0.2) is 41.5 Å². The van der Waals surface area contributed by atoms with Gasteiger partial charge >= 0.3 is 6.18 Å². The minimum atomic E-state index is -4.41. The van der Waals surface area contributed by atoms with Crippen LogP contribution in [0.2, 0.25) is 0 Å². The third kappa shape index (κ3) is 4.99. The van der Waals surface area contributed by atoms with Gasteiger partial charge in [-0.1, -0.05) is 19.1 Å². The van der Waals surface area contributed by atoms with Gasteiger partial charge in [0.15, 0.2) is 11.2 Å². The van der Waals surface area contributed by atoms with Gasteiger partial charge in [0, 0.05) is 32.0 Å². The highest BCUT2D eigenvalue weighted by atomic mass is 19.4. The molecule has 1 aromatic carbocycles. The number of imidazole rings is 1. The molecule has 12 heteroatoms. The number of hydrogen-bond donors (Lipinski definition) is 2. The third-order valence-electron chi connectivity index (χ3n) is 6.12. The maximum absolute atomic E-state index is 13.3. The fourth-order valence-electron chi connectivity index (χ4n) is 4.29. The van der Waals surface area contributed by atoms with Crippen molar-refractivity contribution < 1.29 is 17.9 Å². The van der Waals surface area contributed by atoms with E-state index in [9.17, 15) is 18.0 Å². The molecule has 4 aromatic rings. The van der Waals surface area contributed by atoms with Gasteiger partial charge in [-0.3, -0.25) is 14.0 Å². The van der Waals surface area contributed by atoms with Gasteiger partial charge in [-0.2, -0.15) is 23.3 Å². The summed E-state index contributed by atoms with van der Waals surface area (Å²) in [5.41, 5.74) is 0.734. The fraction of sp³-hybridized carbons (Fsp3) is 0.417. The Morgan fingerprint density at radius 2 is 2.03 bits per heavy atom. The van der Waals surface area contributed by atoms with Crippen molar-refractivity contribution in [2.24, 2.45) is 0 Å². The number of H-pyrrole nitrogens is 1. The number of ether oxygens (including phenoxy) is 1. The lowest BCUT2D eigenvalue weighted by Gasteiger charge is -2.24. The van der Waals surface area contributed by atoms with Crippen LogP contribution in [0.1, 0.15) is 37.3 Å². The average molecular weight is 502 g/mol. The first-order valence-corrected chi connectivity index (χ1v) is 11.9. The molecular weight excluding hydrogens is 475 g/mol. The molecule has 2 N–H and O–H groups in total. The van der Waals surface area contributed by atoms with E-state index in [1.165, 1.54) is 10.7 Å². The molecule has 0 saturated carbocycles. The van der Waals surface area contributed by atoms with E-state index in [4.69, 9.17) is 4.74 Å². The summed E-state index contributed by atoms with van der Waals surface area (Å²) >= 11 is 0. The van der Waals surface area contributed by atoms with Gasteiger partial charge in [0.2, 0.25) is 5.95 Å². The molecule has 4 heterocycles. The van der Waals surface area contributed by atoms with E-state index >= 15 is 0 Å². The van der Waals surface area contributed by atoms with Crippen LogP contribution in [0, 0.1) is 0 Å². The van der Waals surface area contributed by atoms with Crippen molar-refractivity contribution in [3.63, 3.8) is 0 Å². The van der Waals surface area contributed by atoms with Gasteiger partial charge in [0.05, 0.1) is 23.9 Å². The Balaban J connectivity index is 1.43. The highest BCUT2D eigenvalue weighted by molar-refractivity contribution is 5.76. The monoisotopic (exact) mass is 501 g/mol. The number of halogens is 3. The molecule has 5 rings (SSSR count). The lowest BCUT2D eigenvalue weighted by Crippen LogP contribution is -2.33. The van der Waals surface area contributed by atoms with Crippen LogP contribution in [0.5, 0.6) is 0 Å². The van der Waals surface area contributed by atoms with E-state index < -0.39 is 11.7 Å². The summed E-state index contributed by atoms with van der Waals surface area (Å²) in [5, 5.41) is 7.65. The van der Waals surface area contributed by atoms with Gasteiger partial charge in [0.25, 0.3) is 5.56 Å². The number of aromatic amines is 1. The molecule has 0 amide bonds. The van der Waals surface area contributed by atoms with E-state index in [2.05, 4.69) is 25.4 Å². The first-order valence-electron chi connectivity index (χ1n) is 11.9. The Morgan fingerprint density at radius 3 is 2.78 bits per heavy atom. The number of nitrogens with zero attached hydrogens (tertiary/aromatic N) is 5. The SMILES string of the molecule is CCCn1c(NC2CCOCC2)nc2nc(-c3cnn(Cc4cccc(C(F)(F)F)c4)c3)[nH]c2c1=O. The summed E-state index contributed by atoms with van der Waals surface area (Å²) in [5.74, 6) is 0.899. The first kappa shape index (κ1) is 24.0. The largest absolute Gasteiger partial charge is 0.416 e. The van der Waals surface area contributed by atoms with Crippen molar-refractivity contribution in [1.82, 2.24) is 29.3 Å². The van der Waals surface area contributed by atoms with Crippen molar-refractivity contribution in [3.8, 4) is 11.4 Å². The molecule has 1 aliphatic rings. The van der Waals surface area contributed by atoms with Crippen molar-refractivity contribution >= 4 is 17.1 Å². The van der Waals surface area contributed by atoms with E-state index in [1.807, 2.05) is 6.92 Å². The number of alkyl halides is 3. The molecule has 1 fully saturated rings. The van der Waals surface area contributed by atoms with E-state index in [0.29, 0.717) is 53.8 Å². The summed E-state index contributed by atoms with van der Waals surface area (Å²) in [7, 11) is 0. The normalized spacial score (nSPS) is 15.0. The molecule has 0 atom stereocenters. The molecule has 36 heavy (non-hydrogen) atoms. The number of fused-ring (bicyclic) bond motifs is 1. The predicted octanol–water partition coefficient (Wildman–Crippen LogP) is 4.05. The van der Waals surface area contributed by atoms with Gasteiger partial charge in [0.1, 0.15) is 5.82 Å². The molecule has 190 valence electrons. The smallest absolute Gasteiger partial charge is 0.381 e. The Bertz CT molecular complexity index is 1420. The van der Waals surface area contributed by atoms with Gasteiger partial charge in [-0.25, -0.2) is 4.98 Å². The molecule has 0 radical (unpaired) electrons. The van der Waals surface area contributed by atoms with Crippen molar-refractivity contribution in [2.75, 3.05) is 18.5 Å². The summed E-state index contributed by atoms with van der Waals surface area (Å²) in [6.07, 6.45) is 1.24. The van der Waals surface area contributed by atoms with Crippen molar-refractivity contribution in [2.45, 2.75) is 51.5 Å². The van der Waals surface area contributed by atoms with Crippen molar-refractivity contribution in [1.29, 1.82) is 0 Å². The third-order valence-corrected chi connectivity index (χ3v) is 6.12. The second kappa shape index (κ2) is 9.76. The minimum absolute atomic E-state index is 0.158. The zero-order chi connectivity index (χ0) is 25.3. The standard InChI is InChI=1S/C24H26F3N7O2/c1-2-8-34-22(35)19-21(32-23(34)29-18-6-9-36-10-7-18)31-20(30-19)16-12-28-33(14-16)13-15-4-3-5-17(11-15)24(25,26)27/h3-5,11-12,14,18H,2,6-10,13H2,1H3,(H,29,32)(H,30,31). The zero-order valence-electron chi connectivity index (χ0n) is 19.7. The average Bonchev–Trinajstić information content (AvgIpc) is 3.49. The molecule has 1 aliphatic heterocycles. The Morgan fingerprint density at radius 1 is 1.22 bits per heavy atom. The fourth-order valence-corrected chi connectivity index (χ4v) is 4.29. The Kier molecular flexibility index (Phi) is 6.52. The Labute approximate surface area is 204 Å². The second-order valence-corrected chi connectivity index (χ2v) is 8.83. The summed E-state index contributed by atoms with van der Waals surface area (Å²) in [6, 6.07) is 5.30. The van der Waals surface area contributed by atoms with E-state index in [1.54, 1.807) is 23.0 Å². The molecule has 0 unspecified atom stereocenters. The van der Waals surface area contributed by atoms with Gasteiger partial charge in [-0.15, -0.1) is 0 Å². The van der Waals surface area contributed by atoms with Crippen LogP contribution < -0.4 is 10.9 Å². The number of rotatable bonds is 7. The number of hydrogen-bond acceptors (Lipinski definition) is 6. The van der Waals surface area contributed by atoms with Crippen LogP contribution in [0.3, 0.4) is 0 Å². The highest BCUT2D eigenvalue weighted by Gasteiger charge is 2.30. The summed E-state index contributed by atoms with van der Waals surface area (Å²) < 4.78 is 47.6. The van der Waals surface area contributed by atoms with Crippen LogP contribution in [-0.4, -0.2) is 48.6 Å². The van der Waals surface area contributed by atoms with Crippen molar-refractivity contribution in [3.05, 3.63) is 58.1 Å². The second-order valence-electron chi connectivity index (χ2n) is 8.83. The van der Waals surface area contributed by atoms with Crippen LogP contribution in [0.4, 0.5) is 19.1 Å².